The summed E-state index contributed by atoms with van der Waals surface area (Å²) in [5.74, 6) is -7.72. The summed E-state index contributed by atoms with van der Waals surface area (Å²) in [4.78, 5) is 24.1. The van der Waals surface area contributed by atoms with E-state index in [9.17, 15) is 46.1 Å². The van der Waals surface area contributed by atoms with E-state index in [2.05, 4.69) is 0 Å². The van der Waals surface area contributed by atoms with Crippen molar-refractivity contribution < 1.29 is 55.6 Å². The number of carbonyl (C=O) groups excluding carboxylic acids is 2. The van der Waals surface area contributed by atoms with Crippen LogP contribution < -0.4 is 9.47 Å². The Morgan fingerprint density at radius 1 is 0.537 bits per heavy atom. The van der Waals surface area contributed by atoms with Crippen LogP contribution >= 0.6 is 0 Å². The lowest BCUT2D eigenvalue weighted by molar-refractivity contribution is -0.194. The Morgan fingerprint density at radius 2 is 0.805 bits per heavy atom. The number of halogens is 6. The summed E-state index contributed by atoms with van der Waals surface area (Å²) in [6.45, 7) is 0. The molecule has 2 rings (SSSR count). The van der Waals surface area contributed by atoms with E-state index in [1.807, 2.05) is 0 Å². The average Bonchev–Trinajstić information content (AvgIpc) is 2.88. The highest BCUT2D eigenvalue weighted by atomic mass is 19.4. The molecule has 0 aromatic heterocycles. The molecule has 0 saturated heterocycles. The minimum atomic E-state index is -4.75. The second-order valence-electron chi connectivity index (χ2n) is 9.78. The predicted molar refractivity (Wildman–Crippen MR) is 137 cm³/mol. The van der Waals surface area contributed by atoms with Crippen molar-refractivity contribution >= 4 is 11.9 Å². The molecule has 0 radical (unpaired) electrons. The zero-order valence-corrected chi connectivity index (χ0v) is 22.3. The highest BCUT2D eigenvalue weighted by molar-refractivity contribution is 5.76. The lowest BCUT2D eigenvalue weighted by Crippen LogP contribution is -2.33. The molecule has 2 aromatic carbocycles. The van der Waals surface area contributed by atoms with E-state index in [1.54, 1.807) is 0 Å². The number of unbranched alkanes of at least 4 members (excludes halogenated alkanes) is 8. The second-order valence-corrected chi connectivity index (χ2v) is 9.78. The van der Waals surface area contributed by atoms with Crippen molar-refractivity contribution in [3.8, 4) is 23.0 Å². The number of ether oxygens (including phenoxy) is 2. The quantitative estimate of drug-likeness (QED) is 0.0883. The summed E-state index contributed by atoms with van der Waals surface area (Å²) in [6.07, 6.45) is -5.47. The molecule has 12 heteroatoms. The van der Waals surface area contributed by atoms with E-state index in [0.717, 1.165) is 19.3 Å². The van der Waals surface area contributed by atoms with Crippen LogP contribution in [0.3, 0.4) is 0 Å². The van der Waals surface area contributed by atoms with E-state index in [1.165, 1.54) is 48.5 Å². The summed E-state index contributed by atoms with van der Waals surface area (Å²) in [5, 5.41) is 18.4. The van der Waals surface area contributed by atoms with Crippen LogP contribution in [0.25, 0.3) is 0 Å². The number of rotatable bonds is 16. The maximum Gasteiger partial charge on any atom is 0.402 e. The summed E-state index contributed by atoms with van der Waals surface area (Å²) in [6, 6.07) is 9.57. The third-order valence-electron chi connectivity index (χ3n) is 6.46. The number of hydrogen-bond acceptors (Lipinski definition) is 6. The van der Waals surface area contributed by atoms with Crippen LogP contribution in [-0.4, -0.2) is 34.5 Å². The van der Waals surface area contributed by atoms with Gasteiger partial charge >= 0.3 is 24.3 Å². The van der Waals surface area contributed by atoms with Crippen molar-refractivity contribution in [2.75, 3.05) is 0 Å². The van der Waals surface area contributed by atoms with Crippen LogP contribution in [0.4, 0.5) is 26.3 Å². The van der Waals surface area contributed by atoms with E-state index in [-0.39, 0.29) is 35.8 Å². The van der Waals surface area contributed by atoms with E-state index < -0.39 is 49.0 Å². The molecule has 0 spiro atoms. The van der Waals surface area contributed by atoms with Crippen LogP contribution in [0, 0.1) is 11.8 Å². The molecule has 0 aliphatic rings. The predicted octanol–water partition coefficient (Wildman–Crippen LogP) is 8.26. The van der Waals surface area contributed by atoms with Crippen molar-refractivity contribution in [3.05, 3.63) is 48.5 Å². The molecular weight excluding hydrogens is 558 g/mol. The van der Waals surface area contributed by atoms with Gasteiger partial charge in [0.1, 0.15) is 23.0 Å². The lowest BCUT2D eigenvalue weighted by atomic mass is 9.98. The van der Waals surface area contributed by atoms with Crippen molar-refractivity contribution in [1.82, 2.24) is 0 Å². The van der Waals surface area contributed by atoms with Gasteiger partial charge in [-0.05, 0) is 61.4 Å². The highest BCUT2D eigenvalue weighted by Crippen LogP contribution is 2.34. The largest absolute Gasteiger partial charge is 0.508 e. The van der Waals surface area contributed by atoms with Crippen molar-refractivity contribution in [2.24, 2.45) is 11.8 Å². The number of aromatic hydroxyl groups is 2. The van der Waals surface area contributed by atoms with E-state index >= 15 is 0 Å². The molecule has 2 N–H and O–H groups in total. The summed E-state index contributed by atoms with van der Waals surface area (Å²) >= 11 is 0. The molecule has 0 aliphatic heterocycles. The number of benzene rings is 2. The Balaban J connectivity index is 1.61. The van der Waals surface area contributed by atoms with Crippen molar-refractivity contribution in [3.63, 3.8) is 0 Å². The molecule has 228 valence electrons. The Labute approximate surface area is 234 Å². The zero-order chi connectivity index (χ0) is 30.5. The molecule has 0 heterocycles. The molecule has 0 fully saturated rings. The fourth-order valence-corrected chi connectivity index (χ4v) is 4.17. The van der Waals surface area contributed by atoms with Gasteiger partial charge in [-0.15, -0.1) is 0 Å². The Hall–Kier alpha value is -3.44. The maximum atomic E-state index is 13.3. The van der Waals surface area contributed by atoms with Crippen molar-refractivity contribution in [1.29, 1.82) is 0 Å². The topological polar surface area (TPSA) is 93.1 Å². The van der Waals surface area contributed by atoms with Crippen LogP contribution in [0.15, 0.2) is 48.5 Å². The standard InChI is InChI=1S/C29H34F6O6/c30-28(31,32)24(26(38)40-22-16-12-20(36)13-17-22)10-8-6-4-2-1-3-5-7-9-11-25(29(33,34)35)27(39)41-23-18-14-21(37)15-19-23/h12-19,24-25,36-37H,1-11H2. The molecule has 0 bridgehead atoms. The first-order chi connectivity index (χ1) is 19.3. The molecule has 0 saturated carbocycles. The van der Waals surface area contributed by atoms with Crippen LogP contribution in [0.5, 0.6) is 23.0 Å². The highest BCUT2D eigenvalue weighted by Gasteiger charge is 2.46. The Morgan fingerprint density at radius 3 is 1.07 bits per heavy atom. The molecule has 0 amide bonds. The lowest BCUT2D eigenvalue weighted by Gasteiger charge is -2.19. The second kappa shape index (κ2) is 16.1. The third kappa shape index (κ3) is 12.7. The first-order valence-electron chi connectivity index (χ1n) is 13.4. The van der Waals surface area contributed by atoms with Gasteiger partial charge in [-0.25, -0.2) is 0 Å². The number of alkyl halides is 6. The van der Waals surface area contributed by atoms with Crippen LogP contribution in [0.2, 0.25) is 0 Å². The zero-order valence-electron chi connectivity index (χ0n) is 22.3. The molecule has 2 unspecified atom stereocenters. The first-order valence-corrected chi connectivity index (χ1v) is 13.4. The van der Waals surface area contributed by atoms with Gasteiger partial charge < -0.3 is 19.7 Å². The fourth-order valence-electron chi connectivity index (χ4n) is 4.17. The van der Waals surface area contributed by atoms with E-state index in [4.69, 9.17) is 9.47 Å². The number of carbonyl (C=O) groups is 2. The van der Waals surface area contributed by atoms with Gasteiger partial charge in [0.05, 0.1) is 0 Å². The maximum absolute atomic E-state index is 13.3. The normalized spacial score (nSPS) is 13.4. The van der Waals surface area contributed by atoms with Crippen LogP contribution in [-0.2, 0) is 9.59 Å². The molecule has 2 aromatic rings. The number of esters is 2. The minimum absolute atomic E-state index is 0.0926. The molecule has 2 atom stereocenters. The fraction of sp³-hybridized carbons (Fsp3) is 0.517. The molecular formula is C29H34F6O6. The monoisotopic (exact) mass is 592 g/mol. The minimum Gasteiger partial charge on any atom is -0.508 e. The van der Waals surface area contributed by atoms with Gasteiger partial charge in [-0.3, -0.25) is 9.59 Å². The Bertz CT molecular complexity index is 982. The molecule has 0 aliphatic carbocycles. The molecule has 6 nitrogen and oxygen atoms in total. The Kier molecular flexibility index (Phi) is 13.3. The first kappa shape index (κ1) is 33.8. The van der Waals surface area contributed by atoms with Gasteiger partial charge in [0.25, 0.3) is 0 Å². The smallest absolute Gasteiger partial charge is 0.402 e. The average molecular weight is 593 g/mol. The van der Waals surface area contributed by atoms with Gasteiger partial charge in [0.15, 0.2) is 11.8 Å². The van der Waals surface area contributed by atoms with Gasteiger partial charge in [0, 0.05) is 0 Å². The van der Waals surface area contributed by atoms with Gasteiger partial charge in [0.2, 0.25) is 0 Å². The number of hydrogen-bond donors (Lipinski definition) is 2. The van der Waals surface area contributed by atoms with Gasteiger partial charge in [-0.1, -0.05) is 57.8 Å². The number of phenolic OH excluding ortho intramolecular Hbond substituents is 2. The summed E-state index contributed by atoms with van der Waals surface area (Å²) in [5.41, 5.74) is 0. The van der Waals surface area contributed by atoms with Gasteiger partial charge in [-0.2, -0.15) is 26.3 Å². The van der Waals surface area contributed by atoms with Crippen molar-refractivity contribution in [2.45, 2.75) is 83.0 Å². The SMILES string of the molecule is O=C(Oc1ccc(O)cc1)C(CCCCCCCCCCCC(C(=O)Oc1ccc(O)cc1)C(F)(F)F)C(F)(F)F. The molecule has 41 heavy (non-hydrogen) atoms. The summed E-state index contributed by atoms with van der Waals surface area (Å²) < 4.78 is 89.7. The summed E-state index contributed by atoms with van der Waals surface area (Å²) in [7, 11) is 0. The van der Waals surface area contributed by atoms with E-state index in [0.29, 0.717) is 25.7 Å². The number of phenols is 2. The van der Waals surface area contributed by atoms with Crippen LogP contribution in [0.1, 0.15) is 70.6 Å². The third-order valence-corrected chi connectivity index (χ3v) is 6.46.